The second kappa shape index (κ2) is 71.7. The van der Waals surface area contributed by atoms with Crippen LogP contribution in [-0.2, 0) is 18.1 Å². The van der Waals surface area contributed by atoms with Gasteiger partial charge in [0, 0.05) is 128 Å². The summed E-state index contributed by atoms with van der Waals surface area (Å²) >= 11 is 10.2. The van der Waals surface area contributed by atoms with Crippen molar-refractivity contribution in [3.63, 3.8) is 0 Å². The number of thioether (sulfide) groups is 1. The summed E-state index contributed by atoms with van der Waals surface area (Å²) in [5, 5.41) is 25.3. The molecule has 13 aromatic rings. The molecule has 0 aliphatic heterocycles. The number of hydrogen-bond donors (Lipinski definition) is 11. The maximum atomic E-state index is 6.04. The Morgan fingerprint density at radius 1 is 0.323 bits per heavy atom. The molecule has 0 amide bonds. The molecular formula is C110H147IN11O2P3S3. The lowest BCUT2D eigenvalue weighted by molar-refractivity contribution is 0.217. The van der Waals surface area contributed by atoms with Gasteiger partial charge in [-0.25, -0.2) is 0 Å². The van der Waals surface area contributed by atoms with Gasteiger partial charge in [-0.2, -0.15) is 24.4 Å². The summed E-state index contributed by atoms with van der Waals surface area (Å²) in [5.41, 5.74) is 37.8. The standard InChI is InChI=1S/C38H32O2P2.C19H17P.C14H26N4.C9H12S.C8H21N3.C8H10S.C7H20N4.C7H8S.HI/c1-5-13-33(14-6-1)41(34-15-7-2-8-16-34)37-25-21-31(22-26-37)39-29-30-40-32-23-27-38(28-24-32)42(35-17-9-3-10-18-35)36-19-11-4-12-20-36;1-16-12-14-19(15-13-16)20(17-8-4-2-5-9-17)18-10-6-3-7-11-18;1-13-2-4-14(5-3-13)12-17-8-11-18(9-6-15)10-7-16;1-8-3-5-9(6-4-8)7-10-2;1-2-3-5-10-7-8-11-6-4-9;1-7-2-4-8(6-9)5-3-7;1-10-4-7-11(5-2-8)6-3-9;1-6-3-2-4-7(8)5-6;/h1-28H,29-30H2;2-15H,1H3;2-5,17H,6-12,15-16H2,1H3;3-6H,7H2,1-2H3;10-11H,2-9H2,1H3;2-5,9H,6H2,1H3;10H,2-9H2,1H3;2-5,8H,1H3;1H. The molecule has 0 unspecified atom stereocenters. The molecule has 0 saturated carbocycles. The van der Waals surface area contributed by atoms with Crippen LogP contribution in [0.2, 0.25) is 0 Å². The Morgan fingerprint density at radius 3 is 0.938 bits per heavy atom. The zero-order valence-electron chi connectivity index (χ0n) is 78.1. The fourth-order valence-electron chi connectivity index (χ4n) is 13.0. The first-order chi connectivity index (χ1) is 63.1. The van der Waals surface area contributed by atoms with Crippen LogP contribution in [0.1, 0.15) is 64.3 Å². The Kier molecular flexibility index (Phi) is 62.1. The number of hydrogen-bond acceptors (Lipinski definition) is 16. The molecule has 0 bridgehead atoms. The van der Waals surface area contributed by atoms with Gasteiger partial charge in [0.25, 0.3) is 0 Å². The smallest absolute Gasteiger partial charge is 0.122 e. The van der Waals surface area contributed by atoms with Gasteiger partial charge in [-0.05, 0) is 185 Å². The van der Waals surface area contributed by atoms with Crippen LogP contribution in [0.15, 0.2) is 357 Å². The lowest BCUT2D eigenvalue weighted by Crippen LogP contribution is -2.38. The molecule has 0 fully saturated rings. The van der Waals surface area contributed by atoms with Crippen LogP contribution in [0.3, 0.4) is 0 Å². The molecular weight excluding hydrogens is 1820 g/mol. The van der Waals surface area contributed by atoms with Gasteiger partial charge in [-0.15, -0.1) is 36.6 Å². The highest BCUT2D eigenvalue weighted by atomic mass is 127. The lowest BCUT2D eigenvalue weighted by Gasteiger charge is -2.20. The number of rotatable bonds is 41. The Labute approximate surface area is 818 Å². The number of nitrogens with one attached hydrogen (secondary N) is 4. The van der Waals surface area contributed by atoms with E-state index in [4.69, 9.17) is 38.1 Å². The zero-order chi connectivity index (χ0) is 92.4. The van der Waals surface area contributed by atoms with Gasteiger partial charge in [-0.1, -0.05) is 357 Å². The second-order valence-electron chi connectivity index (χ2n) is 30.7. The first kappa shape index (κ1) is 113. The van der Waals surface area contributed by atoms with E-state index in [0.29, 0.717) is 39.4 Å². The Bertz CT molecular complexity index is 4590. The minimum atomic E-state index is -0.621. The molecule has 14 N–H and O–H groups in total. The summed E-state index contributed by atoms with van der Waals surface area (Å²) < 4.78 is 12.1. The zero-order valence-corrected chi connectivity index (χ0v) is 85.7. The normalized spacial score (nSPS) is 10.5. The van der Waals surface area contributed by atoms with Crippen LogP contribution in [0.5, 0.6) is 11.5 Å². The molecule has 13 nitrogen and oxygen atoms in total. The molecule has 0 aromatic heterocycles. The molecule has 20 heteroatoms. The summed E-state index contributed by atoms with van der Waals surface area (Å²) in [6.07, 6.45) is 4.67. The summed E-state index contributed by atoms with van der Waals surface area (Å²) in [7, 11) is 0.247. The highest BCUT2D eigenvalue weighted by Crippen LogP contribution is 2.36. The van der Waals surface area contributed by atoms with E-state index in [1.807, 2.05) is 37.0 Å². The Balaban J connectivity index is 0.000000287. The number of thiol groups is 2. The molecule has 130 heavy (non-hydrogen) atoms. The summed E-state index contributed by atoms with van der Waals surface area (Å²) in [6.45, 7) is 30.0. The molecule has 13 aromatic carbocycles. The third kappa shape index (κ3) is 47.6. The number of halogens is 1. The number of likely N-dealkylation sites (N-methyl/N-ethyl adjacent to an activating group) is 1. The number of nitrogens with zero attached hydrogens (tertiary/aromatic N) is 2. The van der Waals surface area contributed by atoms with E-state index in [-0.39, 0.29) is 24.0 Å². The number of unbranched alkanes of at least 4 members (excludes halogenated alkanes) is 1. The third-order valence-electron chi connectivity index (χ3n) is 19.9. The van der Waals surface area contributed by atoms with Gasteiger partial charge >= 0.3 is 0 Å². The maximum Gasteiger partial charge on any atom is 0.122 e. The van der Waals surface area contributed by atoms with E-state index in [0.717, 1.165) is 120 Å². The van der Waals surface area contributed by atoms with Crippen molar-refractivity contribution in [1.82, 2.24) is 31.1 Å². The highest BCUT2D eigenvalue weighted by molar-refractivity contribution is 14.0. The predicted molar refractivity (Wildman–Crippen MR) is 593 cm³/mol. The molecule has 0 aliphatic carbocycles. The number of benzene rings is 13. The van der Waals surface area contributed by atoms with E-state index in [2.05, 4.69) is 438 Å². The largest absolute Gasteiger partial charge is 0.490 e. The Hall–Kier alpha value is -7.91. The molecule has 0 heterocycles. The van der Waals surface area contributed by atoms with Gasteiger partial charge in [0.05, 0.1) is 0 Å². The lowest BCUT2D eigenvalue weighted by atomic mass is 10.1. The van der Waals surface area contributed by atoms with E-state index in [1.165, 1.54) is 105 Å². The second-order valence-corrected chi connectivity index (χ2v) is 39.0. The van der Waals surface area contributed by atoms with Crippen LogP contribution in [0.4, 0.5) is 0 Å². The van der Waals surface area contributed by atoms with E-state index in [9.17, 15) is 0 Å². The van der Waals surface area contributed by atoms with Crippen molar-refractivity contribution in [2.45, 2.75) is 77.3 Å². The fraction of sp³-hybridized carbons (Fsp3) is 0.291. The molecule has 694 valence electrons. The van der Waals surface area contributed by atoms with Gasteiger partial charge in [0.1, 0.15) is 24.7 Å². The van der Waals surface area contributed by atoms with Gasteiger partial charge < -0.3 is 59.4 Å². The first-order valence-electron chi connectivity index (χ1n) is 45.1. The monoisotopic (exact) mass is 1970 g/mol. The average Bonchev–Trinajstić information content (AvgIpc) is 0.834. The van der Waals surface area contributed by atoms with Crippen LogP contribution < -0.4 is 107 Å². The van der Waals surface area contributed by atoms with Crippen molar-refractivity contribution >= 4 is 133 Å². The van der Waals surface area contributed by atoms with Crippen molar-refractivity contribution in [3.05, 3.63) is 396 Å². The first-order valence-corrected chi connectivity index (χ1v) is 51.6. The highest BCUT2D eigenvalue weighted by Gasteiger charge is 2.19. The third-order valence-corrected chi connectivity index (χ3v) is 28.5. The number of ether oxygens (including phenoxy) is 2. The van der Waals surface area contributed by atoms with Crippen LogP contribution in [0, 0.1) is 34.6 Å². The quantitative estimate of drug-likeness (QED) is 0.00748. The molecule has 0 spiro atoms. The summed E-state index contributed by atoms with van der Waals surface area (Å²) in [4.78, 5) is 5.59. The molecule has 0 atom stereocenters. The van der Waals surface area contributed by atoms with E-state index in [1.54, 1.807) is 0 Å². The van der Waals surface area contributed by atoms with Crippen molar-refractivity contribution in [3.8, 4) is 11.5 Å². The minimum absolute atomic E-state index is 0. The van der Waals surface area contributed by atoms with Gasteiger partial charge in [-0.3, -0.25) is 9.80 Å². The van der Waals surface area contributed by atoms with Gasteiger partial charge in [0.15, 0.2) is 0 Å². The van der Waals surface area contributed by atoms with Crippen molar-refractivity contribution < 1.29 is 9.47 Å². The van der Waals surface area contributed by atoms with Crippen LogP contribution >= 0.6 is 84.8 Å². The van der Waals surface area contributed by atoms with Crippen molar-refractivity contribution in [2.24, 2.45) is 28.7 Å². The molecule has 0 aliphatic rings. The van der Waals surface area contributed by atoms with E-state index < -0.39 is 23.8 Å². The summed E-state index contributed by atoms with van der Waals surface area (Å²) in [6, 6.07) is 124. The van der Waals surface area contributed by atoms with Gasteiger partial charge in [0.2, 0.25) is 0 Å². The number of nitrogens with two attached hydrogens (primary N) is 5. The predicted octanol–water partition coefficient (Wildman–Crippen LogP) is 17.3. The minimum Gasteiger partial charge on any atom is -0.490 e. The summed E-state index contributed by atoms with van der Waals surface area (Å²) in [5.74, 6) is 3.66. The number of aryl methyl sites for hydroxylation is 5. The maximum absolute atomic E-state index is 6.04. The topological polar surface area (TPSA) is 203 Å². The van der Waals surface area contributed by atoms with Crippen molar-refractivity contribution in [2.75, 3.05) is 138 Å². The van der Waals surface area contributed by atoms with Crippen LogP contribution in [0.25, 0.3) is 0 Å². The van der Waals surface area contributed by atoms with Crippen LogP contribution in [-0.4, -0.2) is 148 Å². The van der Waals surface area contributed by atoms with E-state index >= 15 is 0 Å². The molecule has 0 radical (unpaired) electrons. The van der Waals surface area contributed by atoms with Crippen molar-refractivity contribution in [1.29, 1.82) is 0 Å². The fourth-order valence-corrected chi connectivity index (χ4v) is 20.9. The Morgan fingerprint density at radius 2 is 0.638 bits per heavy atom. The molecule has 0 saturated heterocycles. The average molecular weight is 1970 g/mol. The SMILES string of the molecule is CCCCNCCNCCN.CNCCN(CCN)CCN.CSCc1ccc(C)cc1.Cc1ccc(CNCCN(CCN)CCN)cc1.Cc1ccc(CS)cc1.Cc1ccc(P(c2ccccc2)c2ccccc2)cc1.Cc1cccc(S)c1.I.c1ccc(P(c2ccccc2)c2ccc(OCCOc3ccc(P(c4ccccc4)c4ccccc4)cc3)cc2)cc1. The molecule has 13 rings (SSSR count).